The molecule has 0 N–H and O–H groups in total. The van der Waals surface area contributed by atoms with Crippen LogP contribution in [0.25, 0.3) is 0 Å². The summed E-state index contributed by atoms with van der Waals surface area (Å²) in [5.41, 5.74) is 0.590. The molecule has 0 aliphatic heterocycles. The number of Topliss-reactive ketones (excluding diaryl/α,β-unsaturated/α-hetero) is 1. The van der Waals surface area contributed by atoms with Crippen LogP contribution in [-0.2, 0) is 14.3 Å². The molecule has 7 aliphatic rings. The standard InChI is InChI=1S/C41H67ClO3/c1-27-11-16-32(25-30(27)26-42)41(38-9-5-3-7-36(38)37-8-4-6-10-39(37)41)31-17-23-35(24-18-31)45-34-21-14-29(15-22-34)40(43)28-12-19-33(44-2)20-13-28/h27-39H,3-26H2,1-2H3. The molecule has 0 bridgehead atoms. The highest BCUT2D eigenvalue weighted by atomic mass is 35.5. The lowest BCUT2D eigenvalue weighted by molar-refractivity contribution is -0.132. The third-order valence-corrected chi connectivity index (χ3v) is 16.4. The van der Waals surface area contributed by atoms with Gasteiger partial charge in [0.1, 0.15) is 5.78 Å². The van der Waals surface area contributed by atoms with Gasteiger partial charge in [0.15, 0.2) is 0 Å². The maximum atomic E-state index is 13.3. The molecule has 3 nitrogen and oxygen atoms in total. The van der Waals surface area contributed by atoms with E-state index < -0.39 is 0 Å². The van der Waals surface area contributed by atoms with Gasteiger partial charge in [0.2, 0.25) is 0 Å². The van der Waals surface area contributed by atoms with Crippen LogP contribution in [0, 0.1) is 64.6 Å². The Morgan fingerprint density at radius 3 is 1.64 bits per heavy atom. The zero-order valence-electron chi connectivity index (χ0n) is 29.1. The quantitative estimate of drug-likeness (QED) is 0.247. The topological polar surface area (TPSA) is 35.5 Å². The van der Waals surface area contributed by atoms with Crippen LogP contribution in [0.1, 0.15) is 155 Å². The number of rotatable bonds is 8. The zero-order chi connectivity index (χ0) is 31.0. The molecule has 7 unspecified atom stereocenters. The van der Waals surface area contributed by atoms with Crippen molar-refractivity contribution in [1.29, 1.82) is 0 Å². The van der Waals surface area contributed by atoms with E-state index in [9.17, 15) is 4.79 Å². The minimum Gasteiger partial charge on any atom is -0.381 e. The van der Waals surface area contributed by atoms with Gasteiger partial charge in [-0.15, -0.1) is 11.6 Å². The van der Waals surface area contributed by atoms with Gasteiger partial charge in [0, 0.05) is 24.8 Å². The van der Waals surface area contributed by atoms with E-state index in [2.05, 4.69) is 6.92 Å². The van der Waals surface area contributed by atoms with Crippen LogP contribution < -0.4 is 0 Å². The molecule has 0 spiro atoms. The molecule has 256 valence electrons. The lowest BCUT2D eigenvalue weighted by Crippen LogP contribution is -2.51. The van der Waals surface area contributed by atoms with Crippen LogP contribution >= 0.6 is 11.6 Å². The minimum atomic E-state index is 0.286. The largest absolute Gasteiger partial charge is 0.381 e. The Balaban J connectivity index is 0.991. The first-order valence-electron chi connectivity index (χ1n) is 20.3. The highest BCUT2D eigenvalue weighted by molar-refractivity contribution is 6.18. The fourth-order valence-electron chi connectivity index (χ4n) is 13.9. The predicted molar refractivity (Wildman–Crippen MR) is 184 cm³/mol. The van der Waals surface area contributed by atoms with Crippen LogP contribution in [0.2, 0.25) is 0 Å². The average molecular weight is 643 g/mol. The smallest absolute Gasteiger partial charge is 0.139 e. The van der Waals surface area contributed by atoms with Crippen molar-refractivity contribution in [3.05, 3.63) is 0 Å². The number of alkyl halides is 1. The first kappa shape index (κ1) is 33.4. The predicted octanol–water partition coefficient (Wildman–Crippen LogP) is 10.8. The first-order chi connectivity index (χ1) is 22.0. The van der Waals surface area contributed by atoms with Gasteiger partial charge in [-0.25, -0.2) is 0 Å². The second kappa shape index (κ2) is 14.8. The fraction of sp³-hybridized carbons (Fsp3) is 0.976. The molecule has 0 amide bonds. The highest BCUT2D eigenvalue weighted by Gasteiger charge is 2.65. The number of hydrogen-bond donors (Lipinski definition) is 0. The molecular weight excluding hydrogens is 576 g/mol. The zero-order valence-corrected chi connectivity index (χ0v) is 29.8. The van der Waals surface area contributed by atoms with Crippen molar-refractivity contribution in [2.24, 2.45) is 64.6 Å². The molecular formula is C41H67ClO3. The summed E-state index contributed by atoms with van der Waals surface area (Å²) < 4.78 is 12.5. The number of methoxy groups -OCH3 is 1. The lowest BCUT2D eigenvalue weighted by Gasteiger charge is -2.57. The fourth-order valence-corrected chi connectivity index (χ4v) is 14.3. The molecule has 7 rings (SSSR count). The summed E-state index contributed by atoms with van der Waals surface area (Å²) in [5, 5.41) is 0. The van der Waals surface area contributed by atoms with Crippen LogP contribution in [-0.4, -0.2) is 37.1 Å². The number of carbonyl (C=O) groups is 1. The van der Waals surface area contributed by atoms with Gasteiger partial charge in [-0.3, -0.25) is 4.79 Å². The Morgan fingerprint density at radius 1 is 0.622 bits per heavy atom. The number of ketones is 1. The number of halogens is 1. The van der Waals surface area contributed by atoms with Gasteiger partial charge >= 0.3 is 0 Å². The Hall–Kier alpha value is -0.120. The van der Waals surface area contributed by atoms with Crippen LogP contribution in [0.15, 0.2) is 0 Å². The molecule has 7 fully saturated rings. The van der Waals surface area contributed by atoms with Crippen molar-refractivity contribution in [2.75, 3.05) is 13.0 Å². The Kier molecular flexibility index (Phi) is 11.0. The van der Waals surface area contributed by atoms with Crippen LogP contribution in [0.4, 0.5) is 0 Å². The molecule has 45 heavy (non-hydrogen) atoms. The van der Waals surface area contributed by atoms with E-state index in [1.54, 1.807) is 0 Å². The third-order valence-electron chi connectivity index (χ3n) is 16.0. The first-order valence-corrected chi connectivity index (χ1v) is 20.8. The van der Waals surface area contributed by atoms with Gasteiger partial charge in [0.05, 0.1) is 18.3 Å². The summed E-state index contributed by atoms with van der Waals surface area (Å²) in [7, 11) is 1.82. The van der Waals surface area contributed by atoms with Gasteiger partial charge in [-0.1, -0.05) is 39.0 Å². The van der Waals surface area contributed by atoms with Crippen LogP contribution in [0.5, 0.6) is 0 Å². The number of carbonyl (C=O) groups excluding carboxylic acids is 1. The van der Waals surface area contributed by atoms with Gasteiger partial charge in [0.25, 0.3) is 0 Å². The Labute approximate surface area is 281 Å². The highest BCUT2D eigenvalue weighted by Crippen LogP contribution is 2.72. The average Bonchev–Trinajstić information content (AvgIpc) is 3.40. The molecule has 0 aromatic carbocycles. The normalized spacial score (nSPS) is 49.2. The van der Waals surface area contributed by atoms with E-state index in [-0.39, 0.29) is 11.8 Å². The number of fused-ring (bicyclic) bond motifs is 3. The molecule has 4 heteroatoms. The lowest BCUT2D eigenvalue weighted by atomic mass is 9.47. The third kappa shape index (κ3) is 6.49. The van der Waals surface area contributed by atoms with E-state index in [1.165, 1.54) is 96.3 Å². The number of ether oxygens (including phenoxy) is 2. The molecule has 0 radical (unpaired) electrons. The van der Waals surface area contributed by atoms with E-state index in [1.807, 2.05) is 7.11 Å². The molecule has 7 aliphatic carbocycles. The van der Waals surface area contributed by atoms with E-state index in [4.69, 9.17) is 21.1 Å². The van der Waals surface area contributed by atoms with Gasteiger partial charge in [-0.2, -0.15) is 0 Å². The van der Waals surface area contributed by atoms with E-state index >= 15 is 0 Å². The summed E-state index contributed by atoms with van der Waals surface area (Å²) in [6, 6.07) is 0. The van der Waals surface area contributed by atoms with Crippen LogP contribution in [0.3, 0.4) is 0 Å². The Morgan fingerprint density at radius 2 is 1.11 bits per heavy atom. The second-order valence-corrected chi connectivity index (χ2v) is 18.0. The molecule has 7 atom stereocenters. The van der Waals surface area contributed by atoms with E-state index in [0.29, 0.717) is 29.5 Å². The minimum absolute atomic E-state index is 0.286. The van der Waals surface area contributed by atoms with Crippen molar-refractivity contribution in [3.63, 3.8) is 0 Å². The molecule has 0 aromatic rings. The maximum Gasteiger partial charge on any atom is 0.139 e. The number of hydrogen-bond acceptors (Lipinski definition) is 3. The maximum absolute atomic E-state index is 13.3. The molecule has 7 saturated carbocycles. The Bertz CT molecular complexity index is 936. The summed E-state index contributed by atoms with van der Waals surface area (Å²) in [6.07, 6.45) is 31.5. The van der Waals surface area contributed by atoms with Gasteiger partial charge < -0.3 is 9.47 Å². The SMILES string of the molecule is COC1CCC(C(=O)C2CCC(OC3CCC(C4(C5CCC(C)C(CCl)C5)C5CCCCC5C5CCCCC54)CC3)CC2)CC1. The van der Waals surface area contributed by atoms with Crippen molar-refractivity contribution in [1.82, 2.24) is 0 Å². The second-order valence-electron chi connectivity index (χ2n) is 17.7. The van der Waals surface area contributed by atoms with Crippen molar-refractivity contribution in [3.8, 4) is 0 Å². The van der Waals surface area contributed by atoms with Crippen molar-refractivity contribution in [2.45, 2.75) is 173 Å². The van der Waals surface area contributed by atoms with Crippen molar-refractivity contribution >= 4 is 17.4 Å². The van der Waals surface area contributed by atoms with Gasteiger partial charge in [-0.05, 0) is 168 Å². The van der Waals surface area contributed by atoms with Crippen molar-refractivity contribution < 1.29 is 14.3 Å². The molecule has 0 saturated heterocycles. The molecule has 0 aromatic heterocycles. The molecule has 0 heterocycles. The summed E-state index contributed by atoms with van der Waals surface area (Å²) >= 11 is 6.70. The summed E-state index contributed by atoms with van der Waals surface area (Å²) in [4.78, 5) is 13.3. The monoisotopic (exact) mass is 642 g/mol. The summed E-state index contributed by atoms with van der Waals surface area (Å²) in [5.74, 6) is 9.42. The summed E-state index contributed by atoms with van der Waals surface area (Å²) in [6.45, 7) is 2.50. The van der Waals surface area contributed by atoms with E-state index in [0.717, 1.165) is 105 Å².